The quantitative estimate of drug-likeness (QED) is 0.870. The first kappa shape index (κ1) is 14.1. The van der Waals surface area contributed by atoms with E-state index in [4.69, 9.17) is 10.00 Å². The molecule has 4 nitrogen and oxygen atoms in total. The van der Waals surface area contributed by atoms with E-state index in [1.165, 1.54) is 4.88 Å². The summed E-state index contributed by atoms with van der Waals surface area (Å²) in [5, 5.41) is 8.78. The molecule has 0 radical (unpaired) electrons. The van der Waals surface area contributed by atoms with Crippen LogP contribution in [-0.2, 0) is 6.54 Å². The molecule has 0 N–H and O–H groups in total. The van der Waals surface area contributed by atoms with E-state index >= 15 is 0 Å². The Morgan fingerprint density at radius 2 is 2.05 bits per heavy atom. The highest BCUT2D eigenvalue weighted by Crippen LogP contribution is 2.21. The monoisotopic (exact) mass is 299 g/mol. The van der Waals surface area contributed by atoms with Crippen LogP contribution in [0.1, 0.15) is 23.3 Å². The minimum atomic E-state index is 0.274. The Morgan fingerprint density at radius 3 is 2.67 bits per heavy atom. The third kappa shape index (κ3) is 3.81. The molecule has 5 heteroatoms. The van der Waals surface area contributed by atoms with Crippen LogP contribution in [0.2, 0.25) is 0 Å². The first-order chi connectivity index (χ1) is 10.3. The number of nitriles is 1. The van der Waals surface area contributed by atoms with Crippen LogP contribution in [0, 0.1) is 11.3 Å². The smallest absolute Gasteiger partial charge is 0.119 e. The van der Waals surface area contributed by atoms with Gasteiger partial charge in [-0.2, -0.15) is 5.26 Å². The molecule has 21 heavy (non-hydrogen) atoms. The lowest BCUT2D eigenvalue weighted by Crippen LogP contribution is -2.37. The molecule has 1 aliphatic rings. The van der Waals surface area contributed by atoms with E-state index in [9.17, 15) is 0 Å². The predicted molar refractivity (Wildman–Crippen MR) is 82.2 cm³/mol. The molecule has 2 aromatic rings. The van der Waals surface area contributed by atoms with Crippen LogP contribution in [0.3, 0.4) is 0 Å². The highest BCUT2D eigenvalue weighted by atomic mass is 32.1. The van der Waals surface area contributed by atoms with E-state index in [-0.39, 0.29) is 6.10 Å². The van der Waals surface area contributed by atoms with Gasteiger partial charge in [0.25, 0.3) is 0 Å². The van der Waals surface area contributed by atoms with Gasteiger partial charge in [0, 0.05) is 30.7 Å². The van der Waals surface area contributed by atoms with Crippen LogP contribution in [0.5, 0.6) is 5.75 Å². The van der Waals surface area contributed by atoms with E-state index in [0.717, 1.165) is 38.2 Å². The maximum absolute atomic E-state index is 8.78. The molecule has 0 saturated carbocycles. The Hall–Kier alpha value is -1.90. The summed E-state index contributed by atoms with van der Waals surface area (Å²) in [7, 11) is 0. The second kappa shape index (κ2) is 6.70. The molecular weight excluding hydrogens is 282 g/mol. The fourth-order valence-electron chi connectivity index (χ4n) is 2.53. The van der Waals surface area contributed by atoms with E-state index in [1.807, 2.05) is 23.8 Å². The van der Waals surface area contributed by atoms with Crippen LogP contribution in [0.15, 0.2) is 36.0 Å². The van der Waals surface area contributed by atoms with Crippen LogP contribution in [0.25, 0.3) is 0 Å². The number of hydrogen-bond donors (Lipinski definition) is 0. The Morgan fingerprint density at radius 1 is 1.29 bits per heavy atom. The summed E-state index contributed by atoms with van der Waals surface area (Å²) in [5.41, 5.74) is 2.55. The van der Waals surface area contributed by atoms with Gasteiger partial charge in [0.05, 0.1) is 17.1 Å². The molecule has 1 saturated heterocycles. The largest absolute Gasteiger partial charge is 0.490 e. The standard InChI is InChI=1S/C16H17N3OS/c17-9-13-1-3-14(4-2-13)20-15-5-7-19(8-6-15)11-16-10-18-12-21-16/h1-4,10,12,15H,5-8,11H2. The van der Waals surface area contributed by atoms with Crippen molar-refractivity contribution in [3.8, 4) is 11.8 Å². The summed E-state index contributed by atoms with van der Waals surface area (Å²) in [4.78, 5) is 7.89. The number of benzene rings is 1. The van der Waals surface area contributed by atoms with E-state index in [1.54, 1.807) is 23.5 Å². The first-order valence-corrected chi connectivity index (χ1v) is 7.98. The highest BCUT2D eigenvalue weighted by molar-refractivity contribution is 7.09. The summed E-state index contributed by atoms with van der Waals surface area (Å²) in [6, 6.07) is 9.47. The lowest BCUT2D eigenvalue weighted by atomic mass is 10.1. The van der Waals surface area contributed by atoms with Gasteiger partial charge in [0.1, 0.15) is 11.9 Å². The van der Waals surface area contributed by atoms with E-state index in [2.05, 4.69) is 16.0 Å². The average molecular weight is 299 g/mol. The summed E-state index contributed by atoms with van der Waals surface area (Å²) in [5.74, 6) is 0.856. The second-order valence-corrected chi connectivity index (χ2v) is 6.17. The van der Waals surface area contributed by atoms with Crippen molar-refractivity contribution < 1.29 is 4.74 Å². The Labute approximate surface area is 128 Å². The van der Waals surface area contributed by atoms with Crippen LogP contribution in [-0.4, -0.2) is 29.1 Å². The number of ether oxygens (including phenoxy) is 1. The number of aromatic nitrogens is 1. The number of nitrogens with zero attached hydrogens (tertiary/aromatic N) is 3. The van der Waals surface area contributed by atoms with Crippen molar-refractivity contribution in [3.63, 3.8) is 0 Å². The molecule has 108 valence electrons. The first-order valence-electron chi connectivity index (χ1n) is 7.10. The van der Waals surface area contributed by atoms with Crippen molar-refractivity contribution in [1.82, 2.24) is 9.88 Å². The molecule has 1 aromatic carbocycles. The van der Waals surface area contributed by atoms with Crippen molar-refractivity contribution in [1.29, 1.82) is 5.26 Å². The number of rotatable bonds is 4. The third-order valence-electron chi connectivity index (χ3n) is 3.68. The zero-order valence-electron chi connectivity index (χ0n) is 11.7. The summed E-state index contributed by atoms with van der Waals surface area (Å²) >= 11 is 1.71. The molecule has 1 fully saturated rings. The van der Waals surface area contributed by atoms with E-state index < -0.39 is 0 Å². The Bertz CT molecular complexity index is 595. The van der Waals surface area contributed by atoms with Gasteiger partial charge in [0.15, 0.2) is 0 Å². The molecule has 0 unspecified atom stereocenters. The Kier molecular flexibility index (Phi) is 4.49. The SMILES string of the molecule is N#Cc1ccc(OC2CCN(Cc3cncs3)CC2)cc1. The van der Waals surface area contributed by atoms with Crippen molar-refractivity contribution in [2.45, 2.75) is 25.5 Å². The molecule has 0 spiro atoms. The number of piperidine rings is 1. The van der Waals surface area contributed by atoms with Crippen LogP contribution < -0.4 is 4.74 Å². The topological polar surface area (TPSA) is 49.1 Å². The van der Waals surface area contributed by atoms with Gasteiger partial charge in [-0.05, 0) is 37.1 Å². The predicted octanol–water partition coefficient (Wildman–Crippen LogP) is 3.06. The average Bonchev–Trinajstić information content (AvgIpc) is 3.03. The summed E-state index contributed by atoms with van der Waals surface area (Å²) in [6.07, 6.45) is 4.30. The molecule has 1 aliphatic heterocycles. The normalized spacial score (nSPS) is 16.5. The maximum atomic E-state index is 8.78. The van der Waals surface area contributed by atoms with Crippen molar-refractivity contribution >= 4 is 11.3 Å². The Balaban J connectivity index is 1.48. The lowest BCUT2D eigenvalue weighted by molar-refractivity contribution is 0.0973. The zero-order chi connectivity index (χ0) is 14.5. The highest BCUT2D eigenvalue weighted by Gasteiger charge is 2.20. The second-order valence-electron chi connectivity index (χ2n) is 5.20. The van der Waals surface area contributed by atoms with Crippen LogP contribution in [0.4, 0.5) is 0 Å². The third-order valence-corrected chi connectivity index (χ3v) is 4.45. The summed E-state index contributed by atoms with van der Waals surface area (Å²) < 4.78 is 5.99. The van der Waals surface area contributed by atoms with Gasteiger partial charge in [0.2, 0.25) is 0 Å². The lowest BCUT2D eigenvalue weighted by Gasteiger charge is -2.31. The summed E-state index contributed by atoms with van der Waals surface area (Å²) in [6.45, 7) is 3.10. The van der Waals surface area contributed by atoms with Gasteiger partial charge in [-0.1, -0.05) is 0 Å². The van der Waals surface area contributed by atoms with Gasteiger partial charge >= 0.3 is 0 Å². The fraction of sp³-hybridized carbons (Fsp3) is 0.375. The molecule has 0 bridgehead atoms. The van der Waals surface area contributed by atoms with Crippen molar-refractivity contribution in [2.24, 2.45) is 0 Å². The number of likely N-dealkylation sites (tertiary alicyclic amines) is 1. The van der Waals surface area contributed by atoms with E-state index in [0.29, 0.717) is 5.56 Å². The molecular formula is C16H17N3OS. The zero-order valence-corrected chi connectivity index (χ0v) is 12.6. The fourth-order valence-corrected chi connectivity index (χ4v) is 3.16. The molecule has 0 atom stereocenters. The number of thiazole rings is 1. The molecule has 0 amide bonds. The van der Waals surface area contributed by atoms with Gasteiger partial charge in [-0.3, -0.25) is 9.88 Å². The van der Waals surface area contributed by atoms with Gasteiger partial charge < -0.3 is 4.74 Å². The molecule has 3 rings (SSSR count). The molecule has 2 heterocycles. The maximum Gasteiger partial charge on any atom is 0.119 e. The van der Waals surface area contributed by atoms with Gasteiger partial charge in [-0.15, -0.1) is 11.3 Å². The van der Waals surface area contributed by atoms with Crippen molar-refractivity contribution in [3.05, 3.63) is 46.4 Å². The molecule has 1 aromatic heterocycles. The molecule has 0 aliphatic carbocycles. The minimum absolute atomic E-state index is 0.274. The van der Waals surface area contributed by atoms with Gasteiger partial charge in [-0.25, -0.2) is 0 Å². The van der Waals surface area contributed by atoms with Crippen LogP contribution >= 0.6 is 11.3 Å². The number of hydrogen-bond acceptors (Lipinski definition) is 5. The van der Waals surface area contributed by atoms with Crippen molar-refractivity contribution in [2.75, 3.05) is 13.1 Å². The minimum Gasteiger partial charge on any atom is -0.490 e.